The Kier molecular flexibility index (Phi) is 5.37. The minimum Gasteiger partial charge on any atom is -0.314 e. The van der Waals surface area contributed by atoms with Gasteiger partial charge in [-0.1, -0.05) is 0 Å². The molecule has 120 valence electrons. The average molecular weight is 315 g/mol. The Bertz CT molecular complexity index is 561. The second kappa shape index (κ2) is 6.87. The van der Waals surface area contributed by atoms with Gasteiger partial charge >= 0.3 is 0 Å². The van der Waals surface area contributed by atoms with E-state index in [1.54, 1.807) is 14.0 Å². The molecule has 8 heteroatoms. The fourth-order valence-corrected chi connectivity index (χ4v) is 4.16. The highest BCUT2D eigenvalue weighted by molar-refractivity contribution is 7.89. The summed E-state index contributed by atoms with van der Waals surface area (Å²) >= 11 is 0. The van der Waals surface area contributed by atoms with E-state index in [0.717, 1.165) is 25.9 Å². The van der Waals surface area contributed by atoms with Gasteiger partial charge < -0.3 is 10.2 Å². The van der Waals surface area contributed by atoms with E-state index in [1.807, 2.05) is 0 Å². The summed E-state index contributed by atoms with van der Waals surface area (Å²) in [5.74, 6) is 0.413. The predicted octanol–water partition coefficient (Wildman–Crippen LogP) is 0.0576. The first-order valence-corrected chi connectivity index (χ1v) is 8.79. The maximum atomic E-state index is 12.5. The van der Waals surface area contributed by atoms with Crippen molar-refractivity contribution < 1.29 is 8.42 Å². The number of rotatable bonds is 6. The van der Waals surface area contributed by atoms with Crippen molar-refractivity contribution in [3.8, 4) is 0 Å². The first-order chi connectivity index (χ1) is 9.94. The number of likely N-dealkylation sites (tertiary alicyclic amines) is 1. The normalized spacial score (nSPS) is 18.2. The summed E-state index contributed by atoms with van der Waals surface area (Å²) in [5.41, 5.74) is 1.11. The highest BCUT2D eigenvalue weighted by Crippen LogP contribution is 2.19. The highest BCUT2D eigenvalue weighted by atomic mass is 32.2. The van der Waals surface area contributed by atoms with Crippen LogP contribution >= 0.6 is 0 Å². The molecule has 1 fully saturated rings. The molecule has 1 aromatic rings. The van der Waals surface area contributed by atoms with Crippen LogP contribution in [0.5, 0.6) is 0 Å². The first-order valence-electron chi connectivity index (χ1n) is 7.30. The average Bonchev–Trinajstić information content (AvgIpc) is 2.80. The Morgan fingerprint density at radius 3 is 2.67 bits per heavy atom. The summed E-state index contributed by atoms with van der Waals surface area (Å²) in [6.45, 7) is 4.72. The van der Waals surface area contributed by atoms with Crippen LogP contribution in [-0.2, 0) is 16.6 Å². The fourth-order valence-electron chi connectivity index (χ4n) is 2.68. The molecule has 21 heavy (non-hydrogen) atoms. The number of aromatic amines is 1. The lowest BCUT2D eigenvalue weighted by Crippen LogP contribution is -2.37. The zero-order valence-electron chi connectivity index (χ0n) is 12.9. The molecule has 0 aromatic carbocycles. The van der Waals surface area contributed by atoms with Crippen LogP contribution in [0.3, 0.4) is 0 Å². The minimum atomic E-state index is -3.51. The van der Waals surface area contributed by atoms with Gasteiger partial charge in [0, 0.05) is 13.1 Å². The van der Waals surface area contributed by atoms with E-state index in [1.165, 1.54) is 0 Å². The largest absolute Gasteiger partial charge is 0.314 e. The Morgan fingerprint density at radius 2 is 2.05 bits per heavy atom. The third-order valence-electron chi connectivity index (χ3n) is 3.97. The quantitative estimate of drug-likeness (QED) is 0.690. The molecule has 0 spiro atoms. The summed E-state index contributed by atoms with van der Waals surface area (Å²) in [6.07, 6.45) is 2.07. The molecule has 0 unspecified atom stereocenters. The molecular formula is C13H25N5O2S. The summed E-state index contributed by atoms with van der Waals surface area (Å²) in [7, 11) is 0.356. The lowest BCUT2D eigenvalue weighted by Gasteiger charge is -2.28. The smallest absolute Gasteiger partial charge is 0.244 e. The summed E-state index contributed by atoms with van der Waals surface area (Å²) < 4.78 is 27.8. The number of nitrogens with zero attached hydrogens (tertiary/aromatic N) is 2. The molecule has 3 N–H and O–H groups in total. The Hall–Kier alpha value is -0.960. The van der Waals surface area contributed by atoms with Crippen LogP contribution in [0.15, 0.2) is 4.90 Å². The first kappa shape index (κ1) is 16.4. The maximum absolute atomic E-state index is 12.5. The van der Waals surface area contributed by atoms with E-state index in [9.17, 15) is 8.42 Å². The lowest BCUT2D eigenvalue weighted by atomic mass is 9.98. The van der Waals surface area contributed by atoms with Crippen LogP contribution in [0, 0.1) is 12.8 Å². The SMILES string of the molecule is CNCc1n[nH]c(C)c1S(=O)(=O)NCC1CCN(C)CC1. The van der Waals surface area contributed by atoms with Crippen LogP contribution < -0.4 is 10.0 Å². The molecule has 0 aliphatic carbocycles. The van der Waals surface area contributed by atoms with E-state index >= 15 is 0 Å². The van der Waals surface area contributed by atoms with Gasteiger partial charge in [0.2, 0.25) is 10.0 Å². The van der Waals surface area contributed by atoms with Crippen molar-refractivity contribution in [1.29, 1.82) is 0 Å². The monoisotopic (exact) mass is 315 g/mol. The molecule has 0 bridgehead atoms. The Labute approximate surface area is 126 Å². The van der Waals surface area contributed by atoms with E-state index in [0.29, 0.717) is 30.4 Å². The van der Waals surface area contributed by atoms with Crippen molar-refractivity contribution in [3.63, 3.8) is 0 Å². The van der Waals surface area contributed by atoms with E-state index in [-0.39, 0.29) is 4.90 Å². The van der Waals surface area contributed by atoms with Crippen LogP contribution in [0.4, 0.5) is 0 Å². The zero-order chi connectivity index (χ0) is 15.5. The number of aryl methyl sites for hydroxylation is 1. The molecule has 0 saturated carbocycles. The van der Waals surface area contributed by atoms with E-state index < -0.39 is 10.0 Å². The molecule has 1 aromatic heterocycles. The van der Waals surface area contributed by atoms with E-state index in [4.69, 9.17) is 0 Å². The van der Waals surface area contributed by atoms with Crippen molar-refractivity contribution in [1.82, 2.24) is 25.1 Å². The lowest BCUT2D eigenvalue weighted by molar-refractivity contribution is 0.220. The third-order valence-corrected chi connectivity index (χ3v) is 5.60. The molecule has 1 aliphatic rings. The van der Waals surface area contributed by atoms with E-state index in [2.05, 4.69) is 32.2 Å². The Morgan fingerprint density at radius 1 is 1.38 bits per heavy atom. The molecule has 1 saturated heterocycles. The van der Waals surface area contributed by atoms with Crippen LogP contribution in [0.2, 0.25) is 0 Å². The van der Waals surface area contributed by atoms with Gasteiger partial charge in [0.25, 0.3) is 0 Å². The Balaban J connectivity index is 2.03. The van der Waals surface area contributed by atoms with Gasteiger partial charge in [0.05, 0.1) is 11.4 Å². The number of hydrogen-bond acceptors (Lipinski definition) is 5. The number of H-pyrrole nitrogens is 1. The second-order valence-electron chi connectivity index (χ2n) is 5.75. The fraction of sp³-hybridized carbons (Fsp3) is 0.769. The second-order valence-corrected chi connectivity index (χ2v) is 7.46. The molecule has 2 heterocycles. The van der Waals surface area contributed by atoms with Crippen LogP contribution in [0.1, 0.15) is 24.2 Å². The number of piperidine rings is 1. The van der Waals surface area contributed by atoms with Gasteiger partial charge in [-0.15, -0.1) is 0 Å². The molecule has 0 amide bonds. The van der Waals surface area contributed by atoms with Crippen LogP contribution in [-0.4, -0.2) is 57.2 Å². The highest BCUT2D eigenvalue weighted by Gasteiger charge is 2.25. The van der Waals surface area contributed by atoms with Crippen molar-refractivity contribution in [3.05, 3.63) is 11.4 Å². The molecule has 0 atom stereocenters. The van der Waals surface area contributed by atoms with Crippen molar-refractivity contribution in [2.45, 2.75) is 31.2 Å². The number of aromatic nitrogens is 2. The summed E-state index contributed by atoms with van der Waals surface area (Å²) in [6, 6.07) is 0. The number of nitrogens with one attached hydrogen (secondary N) is 3. The predicted molar refractivity (Wildman–Crippen MR) is 81.5 cm³/mol. The zero-order valence-corrected chi connectivity index (χ0v) is 13.8. The molecule has 0 radical (unpaired) electrons. The van der Waals surface area contributed by atoms with Gasteiger partial charge in [-0.05, 0) is 52.9 Å². The molecule has 7 nitrogen and oxygen atoms in total. The summed E-state index contributed by atoms with van der Waals surface area (Å²) in [4.78, 5) is 2.56. The van der Waals surface area contributed by atoms with Crippen LogP contribution in [0.25, 0.3) is 0 Å². The van der Waals surface area contributed by atoms with Gasteiger partial charge in [0.1, 0.15) is 4.90 Å². The third kappa shape index (κ3) is 4.03. The van der Waals surface area contributed by atoms with Gasteiger partial charge in [0.15, 0.2) is 0 Å². The topological polar surface area (TPSA) is 90.1 Å². The number of hydrogen-bond donors (Lipinski definition) is 3. The maximum Gasteiger partial charge on any atom is 0.244 e. The van der Waals surface area contributed by atoms with Gasteiger partial charge in [-0.25, -0.2) is 13.1 Å². The van der Waals surface area contributed by atoms with Crippen molar-refractivity contribution >= 4 is 10.0 Å². The minimum absolute atomic E-state index is 0.282. The molecular weight excluding hydrogens is 290 g/mol. The van der Waals surface area contributed by atoms with Crippen molar-refractivity contribution in [2.75, 3.05) is 33.7 Å². The molecule has 2 rings (SSSR count). The van der Waals surface area contributed by atoms with Crippen molar-refractivity contribution in [2.24, 2.45) is 5.92 Å². The van der Waals surface area contributed by atoms with Gasteiger partial charge in [-0.3, -0.25) is 5.10 Å². The molecule has 1 aliphatic heterocycles. The van der Waals surface area contributed by atoms with Gasteiger partial charge in [-0.2, -0.15) is 5.10 Å². The standard InChI is InChI=1S/C13H25N5O2S/c1-10-13(12(9-14-2)17-16-10)21(19,20)15-8-11-4-6-18(3)7-5-11/h11,14-15H,4-9H2,1-3H3,(H,16,17). The summed E-state index contributed by atoms with van der Waals surface area (Å²) in [5, 5.41) is 9.76. The number of sulfonamides is 1.